The zero-order chi connectivity index (χ0) is 20.9. The predicted octanol–water partition coefficient (Wildman–Crippen LogP) is 3.21. The molecular formula is C21H25N3O4S. The van der Waals surface area contributed by atoms with E-state index in [2.05, 4.69) is 10.6 Å². The molecule has 1 saturated heterocycles. The van der Waals surface area contributed by atoms with Gasteiger partial charge in [-0.25, -0.2) is 12.7 Å². The number of sulfonamides is 1. The van der Waals surface area contributed by atoms with Crippen LogP contribution in [-0.2, 0) is 20.6 Å². The van der Waals surface area contributed by atoms with Crippen molar-refractivity contribution in [2.24, 2.45) is 0 Å². The van der Waals surface area contributed by atoms with Gasteiger partial charge in [-0.1, -0.05) is 18.6 Å². The average Bonchev–Trinajstić information content (AvgIpc) is 2.70. The van der Waals surface area contributed by atoms with Crippen LogP contribution in [0, 0.1) is 0 Å². The molecule has 0 saturated carbocycles. The lowest BCUT2D eigenvalue weighted by molar-refractivity contribution is -0.114. The van der Waals surface area contributed by atoms with Crippen molar-refractivity contribution < 1.29 is 18.0 Å². The summed E-state index contributed by atoms with van der Waals surface area (Å²) >= 11 is 0. The van der Waals surface area contributed by atoms with Crippen molar-refractivity contribution in [2.75, 3.05) is 23.7 Å². The molecule has 2 N–H and O–H groups in total. The van der Waals surface area contributed by atoms with Crippen LogP contribution in [0.15, 0.2) is 48.5 Å². The van der Waals surface area contributed by atoms with Crippen LogP contribution in [0.2, 0.25) is 0 Å². The third-order valence-electron chi connectivity index (χ3n) is 4.74. The first-order valence-electron chi connectivity index (χ1n) is 9.59. The highest BCUT2D eigenvalue weighted by atomic mass is 32.2. The van der Waals surface area contributed by atoms with Gasteiger partial charge in [0, 0.05) is 37.0 Å². The van der Waals surface area contributed by atoms with Crippen molar-refractivity contribution in [3.8, 4) is 0 Å². The number of anilines is 2. The largest absolute Gasteiger partial charge is 0.326 e. The van der Waals surface area contributed by atoms with E-state index in [0.29, 0.717) is 35.6 Å². The molecular weight excluding hydrogens is 390 g/mol. The number of hydrogen-bond donors (Lipinski definition) is 2. The number of benzene rings is 2. The number of carbonyl (C=O) groups excluding carboxylic acids is 2. The van der Waals surface area contributed by atoms with E-state index in [1.54, 1.807) is 52.8 Å². The maximum absolute atomic E-state index is 12.5. The number of piperidine rings is 1. The fraction of sp³-hybridized carbons (Fsp3) is 0.333. The van der Waals surface area contributed by atoms with E-state index in [-0.39, 0.29) is 17.6 Å². The Balaban J connectivity index is 1.60. The van der Waals surface area contributed by atoms with Crippen LogP contribution in [0.4, 0.5) is 11.4 Å². The minimum absolute atomic E-state index is 0.0560. The highest BCUT2D eigenvalue weighted by molar-refractivity contribution is 7.88. The molecule has 1 aliphatic rings. The molecule has 2 aromatic rings. The molecule has 8 heteroatoms. The summed E-state index contributed by atoms with van der Waals surface area (Å²) in [4.78, 5) is 23.5. The fourth-order valence-electron chi connectivity index (χ4n) is 3.24. The number of amides is 2. The molecule has 3 rings (SSSR count). The Morgan fingerprint density at radius 3 is 1.97 bits per heavy atom. The molecule has 0 spiro atoms. The predicted molar refractivity (Wildman–Crippen MR) is 113 cm³/mol. The molecule has 0 aromatic heterocycles. The van der Waals surface area contributed by atoms with E-state index in [1.807, 2.05) is 0 Å². The van der Waals surface area contributed by atoms with Gasteiger partial charge in [-0.2, -0.15) is 0 Å². The number of nitrogens with zero attached hydrogens (tertiary/aromatic N) is 1. The Hall–Kier alpha value is -2.71. The topological polar surface area (TPSA) is 95.6 Å². The van der Waals surface area contributed by atoms with Crippen molar-refractivity contribution in [3.63, 3.8) is 0 Å². The molecule has 0 radical (unpaired) electrons. The zero-order valence-electron chi connectivity index (χ0n) is 16.3. The monoisotopic (exact) mass is 415 g/mol. The molecule has 0 bridgehead atoms. The van der Waals surface area contributed by atoms with Gasteiger partial charge in [0.05, 0.1) is 5.75 Å². The molecule has 1 fully saturated rings. The Kier molecular flexibility index (Phi) is 6.66. The minimum Gasteiger partial charge on any atom is -0.326 e. The second-order valence-corrected chi connectivity index (χ2v) is 9.09. The first kappa shape index (κ1) is 21.0. The van der Waals surface area contributed by atoms with Gasteiger partial charge < -0.3 is 10.6 Å². The summed E-state index contributed by atoms with van der Waals surface area (Å²) in [6.45, 7) is 2.60. The smallest absolute Gasteiger partial charge is 0.255 e. The number of hydrogen-bond acceptors (Lipinski definition) is 4. The van der Waals surface area contributed by atoms with Gasteiger partial charge in [0.2, 0.25) is 15.9 Å². The Bertz CT molecular complexity index is 964. The molecule has 0 unspecified atom stereocenters. The standard InChI is InChI=1S/C21H25N3O4S/c1-16(25)22-19-9-11-20(12-10-19)23-21(26)18-7-5-17(6-8-18)15-29(27,28)24-13-3-2-4-14-24/h5-12H,2-4,13-15H2,1H3,(H,22,25)(H,23,26). The summed E-state index contributed by atoms with van der Waals surface area (Å²) < 4.78 is 26.6. The summed E-state index contributed by atoms with van der Waals surface area (Å²) in [7, 11) is -3.33. The van der Waals surface area contributed by atoms with Gasteiger partial charge in [0.25, 0.3) is 5.91 Å². The van der Waals surface area contributed by atoms with Gasteiger partial charge in [-0.3, -0.25) is 9.59 Å². The first-order chi connectivity index (χ1) is 13.8. The summed E-state index contributed by atoms with van der Waals surface area (Å²) in [5.74, 6) is -0.508. The molecule has 2 aromatic carbocycles. The van der Waals surface area contributed by atoms with Crippen LogP contribution in [-0.4, -0.2) is 37.6 Å². The Labute approximate surface area is 171 Å². The molecule has 1 aliphatic heterocycles. The van der Waals surface area contributed by atoms with E-state index in [4.69, 9.17) is 0 Å². The lowest BCUT2D eigenvalue weighted by atomic mass is 10.1. The molecule has 2 amide bonds. The van der Waals surface area contributed by atoms with E-state index in [1.165, 1.54) is 6.92 Å². The molecule has 0 atom stereocenters. The van der Waals surface area contributed by atoms with Crippen molar-refractivity contribution in [2.45, 2.75) is 31.9 Å². The normalized spacial score (nSPS) is 14.9. The quantitative estimate of drug-likeness (QED) is 0.757. The van der Waals surface area contributed by atoms with E-state index in [9.17, 15) is 18.0 Å². The maximum Gasteiger partial charge on any atom is 0.255 e. The van der Waals surface area contributed by atoms with Crippen LogP contribution in [0.5, 0.6) is 0 Å². The number of rotatable bonds is 6. The maximum atomic E-state index is 12.5. The Morgan fingerprint density at radius 1 is 0.862 bits per heavy atom. The Morgan fingerprint density at radius 2 is 1.41 bits per heavy atom. The summed E-state index contributed by atoms with van der Waals surface area (Å²) in [5.41, 5.74) is 2.34. The highest BCUT2D eigenvalue weighted by Crippen LogP contribution is 2.18. The zero-order valence-corrected chi connectivity index (χ0v) is 17.2. The second-order valence-electron chi connectivity index (χ2n) is 7.13. The van der Waals surface area contributed by atoms with Gasteiger partial charge in [-0.05, 0) is 54.8 Å². The van der Waals surface area contributed by atoms with Gasteiger partial charge in [-0.15, -0.1) is 0 Å². The van der Waals surface area contributed by atoms with Crippen molar-refractivity contribution in [3.05, 3.63) is 59.7 Å². The third kappa shape index (κ3) is 5.88. The number of nitrogens with one attached hydrogen (secondary N) is 2. The van der Waals surface area contributed by atoms with Crippen LogP contribution in [0.25, 0.3) is 0 Å². The van der Waals surface area contributed by atoms with Crippen molar-refractivity contribution in [1.82, 2.24) is 4.31 Å². The molecule has 29 heavy (non-hydrogen) atoms. The third-order valence-corrected chi connectivity index (χ3v) is 6.59. The average molecular weight is 416 g/mol. The van der Waals surface area contributed by atoms with E-state index in [0.717, 1.165) is 19.3 Å². The molecule has 7 nitrogen and oxygen atoms in total. The molecule has 1 heterocycles. The van der Waals surface area contributed by atoms with Crippen molar-refractivity contribution in [1.29, 1.82) is 0 Å². The summed E-state index contributed by atoms with van der Waals surface area (Å²) in [5, 5.41) is 5.44. The molecule has 0 aliphatic carbocycles. The lowest BCUT2D eigenvalue weighted by Gasteiger charge is -2.25. The first-order valence-corrected chi connectivity index (χ1v) is 11.2. The van der Waals surface area contributed by atoms with Crippen LogP contribution in [0.3, 0.4) is 0 Å². The van der Waals surface area contributed by atoms with E-state index < -0.39 is 10.0 Å². The SMILES string of the molecule is CC(=O)Nc1ccc(NC(=O)c2ccc(CS(=O)(=O)N3CCCCC3)cc2)cc1. The highest BCUT2D eigenvalue weighted by Gasteiger charge is 2.24. The fourth-order valence-corrected chi connectivity index (χ4v) is 4.85. The van der Waals surface area contributed by atoms with Gasteiger partial charge >= 0.3 is 0 Å². The summed E-state index contributed by atoms with van der Waals surface area (Å²) in [6.07, 6.45) is 2.89. The van der Waals surface area contributed by atoms with Crippen LogP contribution >= 0.6 is 0 Å². The minimum atomic E-state index is -3.33. The van der Waals surface area contributed by atoms with Crippen LogP contribution in [0.1, 0.15) is 42.1 Å². The lowest BCUT2D eigenvalue weighted by Crippen LogP contribution is -2.36. The van der Waals surface area contributed by atoms with Crippen LogP contribution < -0.4 is 10.6 Å². The van der Waals surface area contributed by atoms with Crippen molar-refractivity contribution >= 4 is 33.2 Å². The number of carbonyl (C=O) groups is 2. The van der Waals surface area contributed by atoms with Gasteiger partial charge in [0.1, 0.15) is 0 Å². The second kappa shape index (κ2) is 9.19. The van der Waals surface area contributed by atoms with E-state index >= 15 is 0 Å². The molecule has 154 valence electrons. The summed E-state index contributed by atoms with van der Waals surface area (Å²) in [6, 6.07) is 13.4. The van der Waals surface area contributed by atoms with Gasteiger partial charge in [0.15, 0.2) is 0 Å².